The normalized spacial score (nSPS) is 12.7. The van der Waals surface area contributed by atoms with Crippen molar-refractivity contribution < 1.29 is 13.2 Å². The van der Waals surface area contributed by atoms with Gasteiger partial charge in [-0.1, -0.05) is 48.5 Å². The number of amides is 1. The van der Waals surface area contributed by atoms with Crippen molar-refractivity contribution in [2.24, 2.45) is 0 Å². The molecule has 3 aromatic carbocycles. The van der Waals surface area contributed by atoms with Gasteiger partial charge in [0, 0.05) is 11.8 Å². The van der Waals surface area contributed by atoms with Gasteiger partial charge in [-0.15, -0.1) is 0 Å². The second-order valence-corrected chi connectivity index (χ2v) is 8.71. The third-order valence-electron chi connectivity index (χ3n) is 4.27. The van der Waals surface area contributed by atoms with E-state index in [1.54, 1.807) is 24.3 Å². The van der Waals surface area contributed by atoms with Crippen LogP contribution < -0.4 is 5.32 Å². The monoisotopic (exact) mass is 367 g/mol. The fraction of sp³-hybridized carbons (Fsp3) is 0.190. The first-order chi connectivity index (χ1) is 12.3. The van der Waals surface area contributed by atoms with E-state index in [0.29, 0.717) is 11.1 Å². The van der Waals surface area contributed by atoms with Crippen molar-refractivity contribution in [3.05, 3.63) is 83.4 Å². The smallest absolute Gasteiger partial charge is 0.251 e. The molecular weight excluding hydrogens is 346 g/mol. The molecule has 0 bridgehead atoms. The maximum atomic E-state index is 12.5. The van der Waals surface area contributed by atoms with Crippen molar-refractivity contribution in [1.82, 2.24) is 5.32 Å². The zero-order valence-electron chi connectivity index (χ0n) is 14.8. The molecule has 3 aromatic rings. The molecule has 26 heavy (non-hydrogen) atoms. The van der Waals surface area contributed by atoms with Crippen LogP contribution in [0.15, 0.2) is 66.7 Å². The molecule has 0 spiro atoms. The molecule has 0 saturated carbocycles. The number of carbonyl (C=O) groups excluding carboxylic acids is 1. The minimum absolute atomic E-state index is 0.0254. The van der Waals surface area contributed by atoms with E-state index in [1.807, 2.05) is 37.3 Å². The number of rotatable bonds is 5. The summed E-state index contributed by atoms with van der Waals surface area (Å²) in [7, 11) is -3.08. The topological polar surface area (TPSA) is 63.2 Å². The van der Waals surface area contributed by atoms with E-state index in [2.05, 4.69) is 17.4 Å². The molecular formula is C21H21NO3S. The second-order valence-electron chi connectivity index (χ2n) is 6.57. The number of carbonyl (C=O) groups is 1. The van der Waals surface area contributed by atoms with Crippen molar-refractivity contribution in [3.8, 4) is 0 Å². The maximum absolute atomic E-state index is 12.5. The second kappa shape index (κ2) is 7.30. The van der Waals surface area contributed by atoms with E-state index < -0.39 is 9.84 Å². The predicted octanol–water partition coefficient (Wildman–Crippen LogP) is 3.88. The highest BCUT2D eigenvalue weighted by atomic mass is 32.2. The summed E-state index contributed by atoms with van der Waals surface area (Å²) in [5.74, 6) is -0.209. The van der Waals surface area contributed by atoms with Gasteiger partial charge in [0.25, 0.3) is 5.91 Å². The molecule has 0 aliphatic rings. The fourth-order valence-corrected chi connectivity index (χ4v) is 3.69. The summed E-state index contributed by atoms with van der Waals surface area (Å²) >= 11 is 0. The summed E-state index contributed by atoms with van der Waals surface area (Å²) < 4.78 is 22.7. The molecule has 5 heteroatoms. The lowest BCUT2D eigenvalue weighted by molar-refractivity contribution is 0.0940. The molecule has 3 rings (SSSR count). The Morgan fingerprint density at radius 2 is 1.62 bits per heavy atom. The van der Waals surface area contributed by atoms with E-state index in [0.717, 1.165) is 16.3 Å². The lowest BCUT2D eigenvalue weighted by atomic mass is 10.0. The lowest BCUT2D eigenvalue weighted by Crippen LogP contribution is -2.26. The minimum Gasteiger partial charge on any atom is -0.346 e. The van der Waals surface area contributed by atoms with Gasteiger partial charge in [0.2, 0.25) is 0 Å². The largest absolute Gasteiger partial charge is 0.346 e. The molecule has 1 amide bonds. The van der Waals surface area contributed by atoms with Gasteiger partial charge in [-0.05, 0) is 47.0 Å². The van der Waals surface area contributed by atoms with Crippen molar-refractivity contribution >= 4 is 26.5 Å². The summed E-state index contributed by atoms with van der Waals surface area (Å²) in [6.07, 6.45) is 1.19. The van der Waals surface area contributed by atoms with Crippen molar-refractivity contribution in [3.63, 3.8) is 0 Å². The fourth-order valence-electron chi connectivity index (χ4n) is 2.90. The number of hydrogen-bond acceptors (Lipinski definition) is 3. The highest BCUT2D eigenvalue weighted by Gasteiger charge is 2.12. The van der Waals surface area contributed by atoms with Crippen LogP contribution in [0.5, 0.6) is 0 Å². The number of benzene rings is 3. The molecule has 134 valence electrons. The van der Waals surface area contributed by atoms with Gasteiger partial charge >= 0.3 is 0 Å². The van der Waals surface area contributed by atoms with Gasteiger partial charge in [-0.2, -0.15) is 0 Å². The van der Waals surface area contributed by atoms with Gasteiger partial charge in [0.05, 0.1) is 11.8 Å². The lowest BCUT2D eigenvalue weighted by Gasteiger charge is -2.15. The summed E-state index contributed by atoms with van der Waals surface area (Å²) in [6.45, 7) is 1.94. The van der Waals surface area contributed by atoms with E-state index in [4.69, 9.17) is 0 Å². The molecule has 0 aromatic heterocycles. The summed E-state index contributed by atoms with van der Waals surface area (Å²) in [5, 5.41) is 5.29. The van der Waals surface area contributed by atoms with Crippen molar-refractivity contribution in [2.45, 2.75) is 18.7 Å². The average molecular weight is 367 g/mol. The quantitative estimate of drug-likeness (QED) is 0.744. The Bertz CT molecular complexity index is 1040. The Morgan fingerprint density at radius 3 is 2.27 bits per heavy atom. The van der Waals surface area contributed by atoms with E-state index in [-0.39, 0.29) is 17.7 Å². The highest BCUT2D eigenvalue weighted by molar-refractivity contribution is 7.89. The molecule has 0 aliphatic carbocycles. The zero-order valence-corrected chi connectivity index (χ0v) is 15.6. The predicted molar refractivity (Wildman–Crippen MR) is 105 cm³/mol. The Balaban J connectivity index is 1.71. The molecule has 0 heterocycles. The van der Waals surface area contributed by atoms with Crippen LogP contribution >= 0.6 is 0 Å². The Morgan fingerprint density at radius 1 is 0.962 bits per heavy atom. The van der Waals surface area contributed by atoms with E-state index in [9.17, 15) is 13.2 Å². The Labute approximate surface area is 153 Å². The first kappa shape index (κ1) is 18.1. The van der Waals surface area contributed by atoms with Crippen LogP contribution in [0.2, 0.25) is 0 Å². The van der Waals surface area contributed by atoms with Gasteiger partial charge in [0.1, 0.15) is 0 Å². The van der Waals surface area contributed by atoms with Gasteiger partial charge in [0.15, 0.2) is 9.84 Å². The van der Waals surface area contributed by atoms with Gasteiger partial charge in [-0.3, -0.25) is 4.79 Å². The minimum atomic E-state index is -3.08. The van der Waals surface area contributed by atoms with Crippen LogP contribution in [-0.4, -0.2) is 20.6 Å². The van der Waals surface area contributed by atoms with Crippen LogP contribution in [0.25, 0.3) is 10.8 Å². The number of nitrogens with one attached hydrogen (secondary N) is 1. The summed E-state index contributed by atoms with van der Waals surface area (Å²) in [4.78, 5) is 12.5. The first-order valence-corrected chi connectivity index (χ1v) is 10.4. The Hall–Kier alpha value is -2.66. The average Bonchev–Trinajstić information content (AvgIpc) is 2.60. The summed E-state index contributed by atoms with van der Waals surface area (Å²) in [6, 6.07) is 20.8. The molecule has 4 nitrogen and oxygen atoms in total. The molecule has 1 N–H and O–H groups in total. The van der Waals surface area contributed by atoms with E-state index >= 15 is 0 Å². The molecule has 0 saturated heterocycles. The molecule has 0 unspecified atom stereocenters. The molecule has 0 radical (unpaired) electrons. The van der Waals surface area contributed by atoms with E-state index in [1.165, 1.54) is 6.26 Å². The summed E-state index contributed by atoms with van der Waals surface area (Å²) in [5.41, 5.74) is 2.22. The standard InChI is InChI=1S/C21H21NO3S/c1-15(19-12-11-17-5-3-4-6-20(17)13-19)22-21(23)18-9-7-16(8-10-18)14-26(2,24)25/h3-13,15H,14H2,1-2H3,(H,22,23)/t15-/m0/s1. The van der Waals surface area contributed by atoms with Crippen molar-refractivity contribution in [1.29, 1.82) is 0 Å². The third kappa shape index (κ3) is 4.49. The van der Waals surface area contributed by atoms with Crippen LogP contribution in [0.3, 0.4) is 0 Å². The molecule has 0 fully saturated rings. The molecule has 0 aliphatic heterocycles. The van der Waals surface area contributed by atoms with Crippen LogP contribution in [0.4, 0.5) is 0 Å². The van der Waals surface area contributed by atoms with Gasteiger partial charge < -0.3 is 5.32 Å². The SMILES string of the molecule is C[C@H](NC(=O)c1ccc(CS(C)(=O)=O)cc1)c1ccc2ccccc2c1. The highest BCUT2D eigenvalue weighted by Crippen LogP contribution is 2.20. The third-order valence-corrected chi connectivity index (χ3v) is 5.12. The number of fused-ring (bicyclic) bond motifs is 1. The number of hydrogen-bond donors (Lipinski definition) is 1. The van der Waals surface area contributed by atoms with Crippen LogP contribution in [0.1, 0.15) is 34.5 Å². The molecule has 1 atom stereocenters. The van der Waals surface area contributed by atoms with Crippen molar-refractivity contribution in [2.75, 3.05) is 6.26 Å². The first-order valence-electron chi connectivity index (χ1n) is 8.38. The Kier molecular flexibility index (Phi) is 5.09. The van der Waals surface area contributed by atoms with Crippen LogP contribution in [-0.2, 0) is 15.6 Å². The van der Waals surface area contributed by atoms with Crippen LogP contribution in [0, 0.1) is 0 Å². The maximum Gasteiger partial charge on any atom is 0.251 e. The zero-order chi connectivity index (χ0) is 18.7. The number of sulfone groups is 1. The van der Waals surface area contributed by atoms with Gasteiger partial charge in [-0.25, -0.2) is 8.42 Å².